The Bertz CT molecular complexity index is 701. The highest BCUT2D eigenvalue weighted by Gasteiger charge is 2.37. The number of nitrogens with zero attached hydrogens (tertiary/aromatic N) is 1. The summed E-state index contributed by atoms with van der Waals surface area (Å²) in [6, 6.07) is 3.54. The van der Waals surface area contributed by atoms with Crippen LogP contribution in [0.2, 0.25) is 0 Å². The van der Waals surface area contributed by atoms with E-state index in [0.717, 1.165) is 16.7 Å². The Kier molecular flexibility index (Phi) is 5.27. The third-order valence-corrected chi connectivity index (χ3v) is 4.63. The minimum absolute atomic E-state index is 0.0137. The van der Waals surface area contributed by atoms with Crippen molar-refractivity contribution < 1.29 is 24.5 Å². The second-order valence-corrected chi connectivity index (χ2v) is 6.40. The van der Waals surface area contributed by atoms with Gasteiger partial charge in [-0.05, 0) is 30.2 Å². The van der Waals surface area contributed by atoms with Crippen LogP contribution in [0.4, 0.5) is 0 Å². The lowest BCUT2D eigenvalue weighted by atomic mass is 10.1. The molecule has 0 spiro atoms. The standard InChI is InChI=1S/C15H15NO5S2/c1-3-9(14(19)20)16-13(18)12(23-15(16)22)7-8-4-5-10(17)11(6-8)21-2/h4-7,9,17H,3H2,1-2H3,(H,19,20)/p-1/t9-/m1/s1. The monoisotopic (exact) mass is 352 g/mol. The average molecular weight is 352 g/mol. The van der Waals surface area contributed by atoms with Gasteiger partial charge in [-0.3, -0.25) is 9.69 Å². The van der Waals surface area contributed by atoms with Gasteiger partial charge in [0.2, 0.25) is 0 Å². The summed E-state index contributed by atoms with van der Waals surface area (Å²) in [5.74, 6) is -1.55. The molecule has 1 aliphatic heterocycles. The number of thioether (sulfide) groups is 1. The van der Waals surface area contributed by atoms with Crippen LogP contribution >= 0.6 is 24.0 Å². The number of methoxy groups -OCH3 is 1. The summed E-state index contributed by atoms with van der Waals surface area (Å²) < 4.78 is 5.20. The van der Waals surface area contributed by atoms with E-state index in [-0.39, 0.29) is 22.2 Å². The van der Waals surface area contributed by atoms with Crippen LogP contribution in [0.3, 0.4) is 0 Å². The lowest BCUT2D eigenvalue weighted by molar-refractivity contribution is -0.310. The molecular weight excluding hydrogens is 338 g/mol. The molecule has 0 radical (unpaired) electrons. The maximum absolute atomic E-state index is 12.4. The highest BCUT2D eigenvalue weighted by atomic mass is 32.2. The van der Waals surface area contributed by atoms with Crippen LogP contribution in [0, 0.1) is 0 Å². The first-order valence-electron chi connectivity index (χ1n) is 6.74. The number of amides is 1. The summed E-state index contributed by atoms with van der Waals surface area (Å²) in [6.07, 6.45) is 1.78. The van der Waals surface area contributed by atoms with Gasteiger partial charge in [0, 0.05) is 0 Å². The van der Waals surface area contributed by atoms with E-state index in [0.29, 0.717) is 10.5 Å². The van der Waals surface area contributed by atoms with Crippen molar-refractivity contribution >= 4 is 46.3 Å². The number of hydrogen-bond donors (Lipinski definition) is 1. The molecule has 1 saturated heterocycles. The number of carboxylic acid groups (broad SMARTS) is 1. The maximum atomic E-state index is 12.4. The van der Waals surface area contributed by atoms with E-state index < -0.39 is 17.9 Å². The smallest absolute Gasteiger partial charge is 0.266 e. The van der Waals surface area contributed by atoms with Crippen LogP contribution in [-0.2, 0) is 9.59 Å². The van der Waals surface area contributed by atoms with Crippen molar-refractivity contribution in [2.24, 2.45) is 0 Å². The Labute approximate surface area is 142 Å². The number of ether oxygens (including phenoxy) is 1. The highest BCUT2D eigenvalue weighted by Crippen LogP contribution is 2.35. The van der Waals surface area contributed by atoms with Crippen molar-refractivity contribution in [3.8, 4) is 11.5 Å². The number of carboxylic acids is 1. The molecule has 1 aromatic rings. The van der Waals surface area contributed by atoms with Crippen LogP contribution < -0.4 is 9.84 Å². The zero-order valence-electron chi connectivity index (χ0n) is 12.4. The number of benzene rings is 1. The zero-order chi connectivity index (χ0) is 17.1. The van der Waals surface area contributed by atoms with E-state index in [1.54, 1.807) is 25.1 Å². The molecule has 1 fully saturated rings. The number of phenolic OH excluding ortho intramolecular Hbond substituents is 1. The van der Waals surface area contributed by atoms with Crippen molar-refractivity contribution in [3.63, 3.8) is 0 Å². The lowest BCUT2D eigenvalue weighted by Crippen LogP contribution is -2.49. The maximum Gasteiger partial charge on any atom is 0.266 e. The second kappa shape index (κ2) is 7.01. The molecule has 0 aliphatic carbocycles. The number of carbonyl (C=O) groups is 2. The molecule has 1 atom stereocenters. The van der Waals surface area contributed by atoms with Crippen molar-refractivity contribution in [3.05, 3.63) is 28.7 Å². The minimum Gasteiger partial charge on any atom is -0.548 e. The first kappa shape index (κ1) is 17.3. The van der Waals surface area contributed by atoms with Crippen molar-refractivity contribution in [2.75, 3.05) is 7.11 Å². The highest BCUT2D eigenvalue weighted by molar-refractivity contribution is 8.26. The Balaban J connectivity index is 2.33. The number of phenols is 1. The van der Waals surface area contributed by atoms with Crippen LogP contribution in [0.25, 0.3) is 6.08 Å². The SMILES string of the molecule is CC[C@H](C(=O)[O-])N1C(=O)C(=Cc2ccc(O)c(OC)c2)SC1=S. The molecule has 6 nitrogen and oxygen atoms in total. The molecule has 8 heteroatoms. The molecule has 1 amide bonds. The van der Waals surface area contributed by atoms with Gasteiger partial charge in [-0.25, -0.2) is 0 Å². The van der Waals surface area contributed by atoms with Gasteiger partial charge in [-0.2, -0.15) is 0 Å². The molecule has 1 aromatic carbocycles. The predicted octanol–water partition coefficient (Wildman–Crippen LogP) is 1.13. The zero-order valence-corrected chi connectivity index (χ0v) is 14.1. The Morgan fingerprint density at radius 2 is 2.26 bits per heavy atom. The van der Waals surface area contributed by atoms with E-state index in [4.69, 9.17) is 17.0 Å². The molecule has 0 bridgehead atoms. The van der Waals surface area contributed by atoms with Crippen LogP contribution in [-0.4, -0.2) is 39.4 Å². The molecule has 122 valence electrons. The fourth-order valence-electron chi connectivity index (χ4n) is 2.14. The van der Waals surface area contributed by atoms with Crippen molar-refractivity contribution in [1.82, 2.24) is 4.90 Å². The van der Waals surface area contributed by atoms with E-state index in [1.165, 1.54) is 13.2 Å². The molecule has 1 heterocycles. The van der Waals surface area contributed by atoms with Gasteiger partial charge in [0.05, 0.1) is 24.0 Å². The Hall–Kier alpha value is -2.06. The minimum atomic E-state index is -1.34. The Morgan fingerprint density at radius 3 is 2.83 bits per heavy atom. The van der Waals surface area contributed by atoms with E-state index >= 15 is 0 Å². The molecule has 2 rings (SSSR count). The quantitative estimate of drug-likeness (QED) is 0.627. The normalized spacial score (nSPS) is 17.7. The Morgan fingerprint density at radius 1 is 1.57 bits per heavy atom. The van der Waals surface area contributed by atoms with Crippen LogP contribution in [0.5, 0.6) is 11.5 Å². The molecule has 0 saturated carbocycles. The second-order valence-electron chi connectivity index (χ2n) is 4.73. The van der Waals surface area contributed by atoms with E-state index in [1.807, 2.05) is 0 Å². The summed E-state index contributed by atoms with van der Waals surface area (Å²) >= 11 is 6.14. The summed E-state index contributed by atoms with van der Waals surface area (Å²) in [7, 11) is 1.42. The van der Waals surface area contributed by atoms with Crippen molar-refractivity contribution in [1.29, 1.82) is 0 Å². The fraction of sp³-hybridized carbons (Fsp3) is 0.267. The number of aromatic hydroxyl groups is 1. The molecular formula is C15H14NO5S2-. The van der Waals surface area contributed by atoms with E-state index in [9.17, 15) is 19.8 Å². The predicted molar refractivity (Wildman–Crippen MR) is 88.8 cm³/mol. The van der Waals surface area contributed by atoms with E-state index in [2.05, 4.69) is 0 Å². The topological polar surface area (TPSA) is 89.9 Å². The van der Waals surface area contributed by atoms with Gasteiger partial charge in [0.25, 0.3) is 5.91 Å². The summed E-state index contributed by atoms with van der Waals surface area (Å²) in [4.78, 5) is 25.0. The molecule has 1 aliphatic rings. The van der Waals surface area contributed by atoms with Gasteiger partial charge in [0.1, 0.15) is 4.32 Å². The van der Waals surface area contributed by atoms with Crippen LogP contribution in [0.15, 0.2) is 23.1 Å². The summed E-state index contributed by atoms with van der Waals surface area (Å²) in [5, 5.41) is 20.7. The molecule has 0 aromatic heterocycles. The largest absolute Gasteiger partial charge is 0.548 e. The number of aliphatic carboxylic acids is 1. The first-order chi connectivity index (χ1) is 10.9. The summed E-state index contributed by atoms with van der Waals surface area (Å²) in [5.41, 5.74) is 0.627. The number of rotatable bonds is 5. The average Bonchev–Trinajstić information content (AvgIpc) is 2.77. The van der Waals surface area contributed by atoms with Gasteiger partial charge in [-0.15, -0.1) is 0 Å². The van der Waals surface area contributed by atoms with Gasteiger partial charge < -0.3 is 19.7 Å². The number of hydrogen-bond acceptors (Lipinski definition) is 7. The molecule has 23 heavy (non-hydrogen) atoms. The number of thiocarbonyl (C=S) groups is 1. The van der Waals surface area contributed by atoms with Gasteiger partial charge >= 0.3 is 0 Å². The fourth-order valence-corrected chi connectivity index (χ4v) is 3.50. The third kappa shape index (κ3) is 3.48. The van der Waals surface area contributed by atoms with Gasteiger partial charge in [-0.1, -0.05) is 37.0 Å². The van der Waals surface area contributed by atoms with Gasteiger partial charge in [0.15, 0.2) is 11.5 Å². The molecule has 0 unspecified atom stereocenters. The summed E-state index contributed by atoms with van der Waals surface area (Å²) in [6.45, 7) is 1.65. The third-order valence-electron chi connectivity index (χ3n) is 3.30. The van der Waals surface area contributed by atoms with Crippen molar-refractivity contribution in [2.45, 2.75) is 19.4 Å². The first-order valence-corrected chi connectivity index (χ1v) is 7.96. The lowest BCUT2D eigenvalue weighted by Gasteiger charge is -2.26. The van der Waals surface area contributed by atoms with Crippen LogP contribution in [0.1, 0.15) is 18.9 Å². The number of carbonyl (C=O) groups excluding carboxylic acids is 2. The molecule has 1 N–H and O–H groups in total.